The predicted octanol–water partition coefficient (Wildman–Crippen LogP) is 0.916. The van der Waals surface area contributed by atoms with Crippen molar-refractivity contribution >= 4 is 29.3 Å². The van der Waals surface area contributed by atoms with Crippen LogP contribution in [0.5, 0.6) is 0 Å². The summed E-state index contributed by atoms with van der Waals surface area (Å²) >= 11 is 2.45. The number of rotatable bonds is 8. The largest absolute Gasteiger partial charge is 0.438 e. The number of aromatic nitrogens is 7. The number of benzene rings is 1. The highest BCUT2D eigenvalue weighted by Gasteiger charge is 2.30. The van der Waals surface area contributed by atoms with Gasteiger partial charge >= 0.3 is 11.3 Å². The minimum atomic E-state index is -0.751. The van der Waals surface area contributed by atoms with Crippen molar-refractivity contribution in [1.82, 2.24) is 30.1 Å². The van der Waals surface area contributed by atoms with Crippen LogP contribution in [0.4, 0.5) is 0 Å². The fourth-order valence-electron chi connectivity index (χ4n) is 2.60. The summed E-state index contributed by atoms with van der Waals surface area (Å²) in [6, 6.07) is 10.7. The Hall–Kier alpha value is -3.45. The highest BCUT2D eigenvalue weighted by atomic mass is 32.2. The van der Waals surface area contributed by atoms with Gasteiger partial charge in [-0.15, -0.1) is 10.2 Å². The molecule has 0 radical (unpaired) electrons. The summed E-state index contributed by atoms with van der Waals surface area (Å²) in [5.41, 5.74) is 0.595. The van der Waals surface area contributed by atoms with Crippen LogP contribution in [0, 0.1) is 6.92 Å². The van der Waals surface area contributed by atoms with Crippen LogP contribution in [0.25, 0.3) is 5.69 Å². The van der Waals surface area contributed by atoms with E-state index in [-0.39, 0.29) is 11.4 Å². The van der Waals surface area contributed by atoms with E-state index in [1.165, 1.54) is 21.1 Å². The average molecular weight is 458 g/mol. The normalized spacial score (nSPS) is 11.0. The summed E-state index contributed by atoms with van der Waals surface area (Å²) in [5.74, 6) is 6.48. The van der Waals surface area contributed by atoms with Crippen LogP contribution in [-0.4, -0.2) is 41.6 Å². The Balaban J connectivity index is 1.43. The molecule has 3 N–H and O–H groups in total. The highest BCUT2D eigenvalue weighted by molar-refractivity contribution is 7.99. The van der Waals surface area contributed by atoms with Crippen molar-refractivity contribution in [2.75, 3.05) is 11.6 Å². The van der Waals surface area contributed by atoms with E-state index in [9.17, 15) is 9.59 Å². The molecule has 0 unspecified atom stereocenters. The lowest BCUT2D eigenvalue weighted by molar-refractivity contribution is -0.672. The van der Waals surface area contributed by atoms with E-state index in [0.717, 1.165) is 17.5 Å². The number of carbonyl (C=O) groups is 1. The number of hydrogen-bond donors (Lipinski definition) is 2. The first-order chi connectivity index (χ1) is 15.0. The number of Topliss-reactive ketones (excluding diaryl/α,β-unsaturated/α-hetero) is 1. The maximum atomic E-state index is 12.7. The molecule has 0 bridgehead atoms. The zero-order valence-electron chi connectivity index (χ0n) is 16.3. The average Bonchev–Trinajstić information content (AvgIpc) is 3.33. The Morgan fingerprint density at radius 1 is 1.23 bits per heavy atom. The van der Waals surface area contributed by atoms with Gasteiger partial charge in [-0.05, 0) is 22.9 Å². The summed E-state index contributed by atoms with van der Waals surface area (Å²) in [7, 11) is 0. The fraction of sp³-hybridized carbons (Fsp3) is 0.167. The summed E-state index contributed by atoms with van der Waals surface area (Å²) in [6.45, 7) is 1.88. The molecular weight excluding hydrogens is 440 g/mol. The van der Waals surface area contributed by atoms with Crippen LogP contribution in [0.15, 0.2) is 62.2 Å². The molecule has 0 aliphatic carbocycles. The van der Waals surface area contributed by atoms with E-state index in [4.69, 9.17) is 10.4 Å². The number of nitrogens with one attached hydrogen (secondary N) is 1. The molecule has 11 nitrogen and oxygen atoms in total. The molecule has 1 aromatic carbocycles. The van der Waals surface area contributed by atoms with Crippen LogP contribution in [0.2, 0.25) is 0 Å². The van der Waals surface area contributed by atoms with Gasteiger partial charge < -0.3 is 5.84 Å². The topological polar surface area (TPSA) is 149 Å². The molecule has 0 aliphatic heterocycles. The maximum Gasteiger partial charge on any atom is 0.438 e. The summed E-state index contributed by atoms with van der Waals surface area (Å²) < 4.78 is 7.43. The van der Waals surface area contributed by atoms with Crippen LogP contribution in [0.1, 0.15) is 22.0 Å². The van der Waals surface area contributed by atoms with E-state index < -0.39 is 11.4 Å². The van der Waals surface area contributed by atoms with Gasteiger partial charge in [-0.2, -0.15) is 0 Å². The summed E-state index contributed by atoms with van der Waals surface area (Å²) in [6.07, 6.45) is 1.68. The van der Waals surface area contributed by atoms with Gasteiger partial charge in [-0.1, -0.05) is 41.7 Å². The Morgan fingerprint density at radius 2 is 2.03 bits per heavy atom. The number of para-hydroxylation sites is 1. The molecule has 4 aromatic rings. The number of aromatic amines is 1. The predicted molar refractivity (Wildman–Crippen MR) is 112 cm³/mol. The van der Waals surface area contributed by atoms with Crippen LogP contribution in [-0.2, 0) is 5.75 Å². The van der Waals surface area contributed by atoms with Crippen LogP contribution < -0.4 is 16.2 Å². The van der Waals surface area contributed by atoms with Gasteiger partial charge in [0.25, 0.3) is 0 Å². The van der Waals surface area contributed by atoms with Gasteiger partial charge in [0.15, 0.2) is 11.0 Å². The van der Waals surface area contributed by atoms with E-state index in [1.54, 1.807) is 30.5 Å². The van der Waals surface area contributed by atoms with Crippen molar-refractivity contribution in [2.45, 2.75) is 23.0 Å². The maximum absolute atomic E-state index is 12.7. The molecule has 0 fully saturated rings. The van der Waals surface area contributed by atoms with Crippen molar-refractivity contribution in [2.24, 2.45) is 0 Å². The lowest BCUT2D eigenvalue weighted by atomic mass is 10.3. The third kappa shape index (κ3) is 4.67. The number of thioether (sulfide) groups is 2. The number of nitrogens with zero attached hydrogens (tertiary/aromatic N) is 6. The number of ketones is 1. The van der Waals surface area contributed by atoms with Crippen molar-refractivity contribution in [3.8, 4) is 5.69 Å². The van der Waals surface area contributed by atoms with Crippen LogP contribution in [0.3, 0.4) is 0 Å². The van der Waals surface area contributed by atoms with Gasteiger partial charge in [-0.3, -0.25) is 9.32 Å². The molecule has 0 atom stereocenters. The first-order valence-corrected chi connectivity index (χ1v) is 11.0. The quantitative estimate of drug-likeness (QED) is 0.128. The smallest absolute Gasteiger partial charge is 0.336 e. The fourth-order valence-corrected chi connectivity index (χ4v) is 4.14. The molecule has 158 valence electrons. The number of hydrogen-bond acceptors (Lipinski definition) is 10. The minimum absolute atomic E-state index is 0.0705. The van der Waals surface area contributed by atoms with E-state index in [0.29, 0.717) is 27.6 Å². The zero-order chi connectivity index (χ0) is 21.8. The third-order valence-electron chi connectivity index (χ3n) is 4.10. The van der Waals surface area contributed by atoms with Crippen molar-refractivity contribution < 1.29 is 14.0 Å². The molecule has 13 heteroatoms. The van der Waals surface area contributed by atoms with E-state index >= 15 is 0 Å². The summed E-state index contributed by atoms with van der Waals surface area (Å²) in [4.78, 5) is 33.3. The third-order valence-corrected chi connectivity index (χ3v) is 5.90. The second-order valence-corrected chi connectivity index (χ2v) is 8.14. The van der Waals surface area contributed by atoms with Gasteiger partial charge in [0.2, 0.25) is 16.6 Å². The minimum Gasteiger partial charge on any atom is -0.336 e. The molecule has 0 saturated heterocycles. The highest BCUT2D eigenvalue weighted by Crippen LogP contribution is 2.21. The molecule has 3 aromatic heterocycles. The Morgan fingerprint density at radius 3 is 2.81 bits per heavy atom. The van der Waals surface area contributed by atoms with Gasteiger partial charge in [-0.25, -0.2) is 19.4 Å². The molecule has 0 saturated carbocycles. The molecule has 0 amide bonds. The molecule has 0 spiro atoms. The monoisotopic (exact) mass is 457 g/mol. The number of H-pyrrole nitrogens is 1. The van der Waals surface area contributed by atoms with E-state index in [1.807, 2.05) is 19.1 Å². The van der Waals surface area contributed by atoms with Crippen LogP contribution >= 0.6 is 23.5 Å². The van der Waals surface area contributed by atoms with Gasteiger partial charge in [0.1, 0.15) is 0 Å². The molecule has 3 heterocycles. The number of nitrogen functional groups attached to an aromatic ring is 1. The first kappa shape index (κ1) is 20.8. The Labute approximate surface area is 184 Å². The lowest BCUT2D eigenvalue weighted by Crippen LogP contribution is -2.41. The molecule has 31 heavy (non-hydrogen) atoms. The van der Waals surface area contributed by atoms with E-state index in [2.05, 4.69) is 25.4 Å². The van der Waals surface area contributed by atoms with Crippen molar-refractivity contribution in [3.63, 3.8) is 0 Å². The standard InChI is InChI=1S/C18H16N8O3S2/c1-11-7-8-20-17(21-11)30-10-14-22-23-18(25(14)19)31-9-13(27)15-16(28)29-24-26(15)12-5-3-2-4-6-12/h2-8H,9-10,19H2,1H3/p+1. The number of carbonyl (C=O) groups excluding carboxylic acids is 1. The first-order valence-electron chi connectivity index (χ1n) is 8.99. The molecule has 4 rings (SSSR count). The second kappa shape index (κ2) is 9.14. The SMILES string of the molecule is Cc1ccnc(SCc2nnc(SCC(=O)c3c(=O)o[nH][n+]3-c3ccccc3)n2N)n1. The molecular formula is C18H17N8O3S2+. The number of nitrogens with two attached hydrogens (primary N) is 1. The second-order valence-electron chi connectivity index (χ2n) is 6.25. The van der Waals surface area contributed by atoms with Crippen molar-refractivity contribution in [3.05, 3.63) is 70.2 Å². The molecule has 0 aliphatic rings. The zero-order valence-corrected chi connectivity index (χ0v) is 17.9. The summed E-state index contributed by atoms with van der Waals surface area (Å²) in [5, 5.41) is 11.5. The lowest BCUT2D eigenvalue weighted by Gasteiger charge is -2.03. The van der Waals surface area contributed by atoms with Crippen molar-refractivity contribution in [1.29, 1.82) is 0 Å². The van der Waals surface area contributed by atoms with Gasteiger partial charge in [0.05, 0.1) is 11.5 Å². The van der Waals surface area contributed by atoms with Gasteiger partial charge in [0, 0.05) is 24.0 Å². The Bertz CT molecular complexity index is 1270. The number of aryl methyl sites for hydroxylation is 1. The Kier molecular flexibility index (Phi) is 6.13.